The van der Waals surface area contributed by atoms with Gasteiger partial charge >= 0.3 is 6.18 Å². The SMILES string of the molecule is COc1ccc(NC(=O)C2(c3ccc(Cl)cc3)CCCC2)cc1C(F)(F)F. The van der Waals surface area contributed by atoms with Crippen LogP contribution in [0.2, 0.25) is 5.02 Å². The van der Waals surface area contributed by atoms with E-state index in [-0.39, 0.29) is 17.3 Å². The highest BCUT2D eigenvalue weighted by molar-refractivity contribution is 6.30. The maximum atomic E-state index is 13.2. The van der Waals surface area contributed by atoms with Crippen LogP contribution in [-0.2, 0) is 16.4 Å². The van der Waals surface area contributed by atoms with Crippen molar-refractivity contribution < 1.29 is 22.7 Å². The maximum Gasteiger partial charge on any atom is 0.420 e. The molecule has 1 amide bonds. The van der Waals surface area contributed by atoms with E-state index in [0.29, 0.717) is 17.9 Å². The first kappa shape index (κ1) is 19.5. The molecule has 1 fully saturated rings. The van der Waals surface area contributed by atoms with Crippen LogP contribution in [-0.4, -0.2) is 13.0 Å². The van der Waals surface area contributed by atoms with Crippen molar-refractivity contribution in [1.29, 1.82) is 0 Å². The number of rotatable bonds is 4. The summed E-state index contributed by atoms with van der Waals surface area (Å²) in [6.07, 6.45) is -1.53. The zero-order valence-electron chi connectivity index (χ0n) is 14.7. The third-order valence-corrected chi connectivity index (χ3v) is 5.30. The van der Waals surface area contributed by atoms with E-state index in [4.69, 9.17) is 16.3 Å². The first-order chi connectivity index (χ1) is 12.8. The lowest BCUT2D eigenvalue weighted by Gasteiger charge is -2.28. The molecule has 0 aliphatic heterocycles. The molecule has 144 valence electrons. The number of halogens is 4. The van der Waals surface area contributed by atoms with Crippen molar-refractivity contribution in [2.24, 2.45) is 0 Å². The summed E-state index contributed by atoms with van der Waals surface area (Å²) in [5.41, 5.74) is -0.766. The molecular weight excluding hydrogens is 379 g/mol. The maximum absolute atomic E-state index is 13.2. The minimum atomic E-state index is -4.58. The molecule has 7 heteroatoms. The number of alkyl halides is 3. The molecule has 3 nitrogen and oxygen atoms in total. The van der Waals surface area contributed by atoms with Gasteiger partial charge in [0.1, 0.15) is 5.75 Å². The van der Waals surface area contributed by atoms with Gasteiger partial charge < -0.3 is 10.1 Å². The van der Waals surface area contributed by atoms with Gasteiger partial charge in [0, 0.05) is 10.7 Å². The molecule has 1 aliphatic rings. The van der Waals surface area contributed by atoms with E-state index < -0.39 is 17.2 Å². The molecule has 0 heterocycles. The molecule has 27 heavy (non-hydrogen) atoms. The first-order valence-corrected chi connectivity index (χ1v) is 8.97. The highest BCUT2D eigenvalue weighted by Crippen LogP contribution is 2.43. The van der Waals surface area contributed by atoms with Crippen LogP contribution < -0.4 is 10.1 Å². The van der Waals surface area contributed by atoms with E-state index in [9.17, 15) is 18.0 Å². The summed E-state index contributed by atoms with van der Waals surface area (Å²) in [4.78, 5) is 13.1. The average Bonchev–Trinajstić information content (AvgIpc) is 3.12. The van der Waals surface area contributed by atoms with Crippen LogP contribution in [0.15, 0.2) is 42.5 Å². The minimum absolute atomic E-state index is 0.0911. The number of carbonyl (C=O) groups excluding carboxylic acids is 1. The second-order valence-electron chi connectivity index (χ2n) is 6.66. The van der Waals surface area contributed by atoms with Crippen LogP contribution >= 0.6 is 11.6 Å². The molecule has 0 unspecified atom stereocenters. The van der Waals surface area contributed by atoms with E-state index >= 15 is 0 Å². The van der Waals surface area contributed by atoms with Crippen molar-refractivity contribution in [1.82, 2.24) is 0 Å². The lowest BCUT2D eigenvalue weighted by molar-refractivity contribution is -0.138. The predicted octanol–water partition coefficient (Wildman–Crippen LogP) is 5.82. The number of amides is 1. The van der Waals surface area contributed by atoms with E-state index in [1.165, 1.54) is 19.2 Å². The van der Waals surface area contributed by atoms with Crippen LogP contribution in [0.1, 0.15) is 36.8 Å². The molecule has 3 rings (SSSR count). The van der Waals surface area contributed by atoms with Gasteiger partial charge in [0.15, 0.2) is 0 Å². The van der Waals surface area contributed by atoms with Crippen molar-refractivity contribution >= 4 is 23.2 Å². The van der Waals surface area contributed by atoms with Gasteiger partial charge in [-0.05, 0) is 48.7 Å². The van der Waals surface area contributed by atoms with Crippen molar-refractivity contribution in [3.63, 3.8) is 0 Å². The highest BCUT2D eigenvalue weighted by Gasteiger charge is 2.43. The number of anilines is 1. The zero-order chi connectivity index (χ0) is 19.7. The molecule has 2 aromatic rings. The third kappa shape index (κ3) is 3.90. The summed E-state index contributed by atoms with van der Waals surface area (Å²) < 4.78 is 44.5. The predicted molar refractivity (Wildman–Crippen MR) is 98.2 cm³/mol. The zero-order valence-corrected chi connectivity index (χ0v) is 15.5. The fourth-order valence-corrected chi connectivity index (χ4v) is 3.78. The summed E-state index contributed by atoms with van der Waals surface area (Å²) in [6, 6.07) is 10.6. The first-order valence-electron chi connectivity index (χ1n) is 8.59. The molecule has 0 aromatic heterocycles. The second kappa shape index (κ2) is 7.43. The van der Waals surface area contributed by atoms with Gasteiger partial charge in [-0.1, -0.05) is 36.6 Å². The van der Waals surface area contributed by atoms with Gasteiger partial charge in [-0.25, -0.2) is 0 Å². The molecule has 0 radical (unpaired) electrons. The standard InChI is InChI=1S/C20H19ClF3NO2/c1-27-17-9-8-15(12-16(17)20(22,23)24)25-18(26)19(10-2-3-11-19)13-4-6-14(21)7-5-13/h4-9,12H,2-3,10-11H2,1H3,(H,25,26). The van der Waals surface area contributed by atoms with Crippen molar-refractivity contribution in [3.05, 3.63) is 58.6 Å². The normalized spacial score (nSPS) is 16.2. The Hall–Kier alpha value is -2.21. The Morgan fingerprint density at radius 1 is 1.11 bits per heavy atom. The topological polar surface area (TPSA) is 38.3 Å². The Bertz CT molecular complexity index is 828. The largest absolute Gasteiger partial charge is 0.496 e. The van der Waals surface area contributed by atoms with Gasteiger partial charge in [0.2, 0.25) is 5.91 Å². The highest BCUT2D eigenvalue weighted by atomic mass is 35.5. The molecule has 2 aromatic carbocycles. The summed E-state index contributed by atoms with van der Waals surface area (Å²) in [6.45, 7) is 0. The van der Waals surface area contributed by atoms with Gasteiger partial charge in [0.25, 0.3) is 0 Å². The number of hydrogen-bond acceptors (Lipinski definition) is 2. The average molecular weight is 398 g/mol. The molecule has 0 bridgehead atoms. The Morgan fingerprint density at radius 3 is 2.30 bits per heavy atom. The van der Waals surface area contributed by atoms with Crippen molar-refractivity contribution in [2.75, 3.05) is 12.4 Å². The van der Waals surface area contributed by atoms with Crippen LogP contribution in [0.5, 0.6) is 5.75 Å². The van der Waals surface area contributed by atoms with Crippen LogP contribution in [0, 0.1) is 0 Å². The summed E-state index contributed by atoms with van der Waals surface area (Å²) in [7, 11) is 1.18. The number of methoxy groups -OCH3 is 1. The number of hydrogen-bond donors (Lipinski definition) is 1. The molecule has 1 aliphatic carbocycles. The fourth-order valence-electron chi connectivity index (χ4n) is 3.65. The van der Waals surface area contributed by atoms with Crippen molar-refractivity contribution in [2.45, 2.75) is 37.3 Å². The summed E-state index contributed by atoms with van der Waals surface area (Å²) in [5.74, 6) is -0.589. The Balaban J connectivity index is 1.92. The van der Waals surface area contributed by atoms with Gasteiger partial charge in [-0.15, -0.1) is 0 Å². The molecule has 0 saturated heterocycles. The lowest BCUT2D eigenvalue weighted by Crippen LogP contribution is -2.38. The summed E-state index contributed by atoms with van der Waals surface area (Å²) >= 11 is 5.94. The third-order valence-electron chi connectivity index (χ3n) is 5.05. The van der Waals surface area contributed by atoms with Gasteiger partial charge in [-0.3, -0.25) is 4.79 Å². The molecule has 1 saturated carbocycles. The fraction of sp³-hybridized carbons (Fsp3) is 0.350. The van der Waals surface area contributed by atoms with Gasteiger partial charge in [0.05, 0.1) is 18.1 Å². The number of benzene rings is 2. The monoisotopic (exact) mass is 397 g/mol. The molecule has 1 N–H and O–H groups in total. The van der Waals surface area contributed by atoms with E-state index in [1.54, 1.807) is 12.1 Å². The molecular formula is C20H19ClF3NO2. The van der Waals surface area contributed by atoms with E-state index in [2.05, 4.69) is 5.32 Å². The Kier molecular flexibility index (Phi) is 5.38. The van der Waals surface area contributed by atoms with E-state index in [1.807, 2.05) is 12.1 Å². The lowest BCUT2D eigenvalue weighted by atomic mass is 9.78. The molecule has 0 atom stereocenters. The number of nitrogens with one attached hydrogen (secondary N) is 1. The van der Waals surface area contributed by atoms with Crippen molar-refractivity contribution in [3.8, 4) is 5.75 Å². The van der Waals surface area contributed by atoms with Crippen LogP contribution in [0.25, 0.3) is 0 Å². The van der Waals surface area contributed by atoms with Crippen LogP contribution in [0.4, 0.5) is 18.9 Å². The molecule has 0 spiro atoms. The van der Waals surface area contributed by atoms with E-state index in [0.717, 1.165) is 24.5 Å². The smallest absolute Gasteiger partial charge is 0.420 e. The second-order valence-corrected chi connectivity index (χ2v) is 7.10. The number of carbonyl (C=O) groups is 1. The van der Waals surface area contributed by atoms with Crippen LogP contribution in [0.3, 0.4) is 0 Å². The Morgan fingerprint density at radius 2 is 1.74 bits per heavy atom. The minimum Gasteiger partial charge on any atom is -0.496 e. The number of ether oxygens (including phenoxy) is 1. The Labute approximate surface area is 160 Å². The summed E-state index contributed by atoms with van der Waals surface area (Å²) in [5, 5.41) is 3.24. The quantitative estimate of drug-likeness (QED) is 0.706. The van der Waals surface area contributed by atoms with Gasteiger partial charge in [-0.2, -0.15) is 13.2 Å².